The number of imidazole rings is 1. The highest BCUT2D eigenvalue weighted by Crippen LogP contribution is 2.33. The van der Waals surface area contributed by atoms with Gasteiger partial charge in [-0.05, 0) is 56.2 Å². The molecule has 0 spiro atoms. The molecule has 3 heteroatoms. The minimum absolute atomic E-state index is 0.171. The van der Waals surface area contributed by atoms with Gasteiger partial charge in [0.15, 0.2) is 0 Å². The van der Waals surface area contributed by atoms with E-state index in [-0.39, 0.29) is 5.41 Å². The minimum Gasteiger partial charge on any atom is -0.399 e. The van der Waals surface area contributed by atoms with Gasteiger partial charge in [-0.2, -0.15) is 0 Å². The first-order chi connectivity index (χ1) is 9.89. The summed E-state index contributed by atoms with van der Waals surface area (Å²) in [6.07, 6.45) is 0. The summed E-state index contributed by atoms with van der Waals surface area (Å²) >= 11 is 0. The average Bonchev–Trinajstić information content (AvgIpc) is 2.76. The molecule has 3 rings (SSSR count). The van der Waals surface area contributed by atoms with E-state index in [1.54, 1.807) is 0 Å². The second-order valence-electron chi connectivity index (χ2n) is 6.23. The molecule has 0 radical (unpaired) electrons. The number of fused-ring (bicyclic) bond motifs is 1. The SMILES string of the molecule is Cc1ccc2c(c1)nc(C(C)(C)c1ccc(N)cc1)n2C. The van der Waals surface area contributed by atoms with Crippen LogP contribution in [0.2, 0.25) is 0 Å². The molecule has 0 saturated heterocycles. The van der Waals surface area contributed by atoms with Gasteiger partial charge in [0.2, 0.25) is 0 Å². The minimum atomic E-state index is -0.171. The normalized spacial score (nSPS) is 12.0. The van der Waals surface area contributed by atoms with Crippen LogP contribution in [0.15, 0.2) is 42.5 Å². The maximum atomic E-state index is 5.80. The van der Waals surface area contributed by atoms with Crippen molar-refractivity contribution in [3.63, 3.8) is 0 Å². The van der Waals surface area contributed by atoms with Crippen LogP contribution < -0.4 is 5.73 Å². The van der Waals surface area contributed by atoms with Crippen molar-refractivity contribution in [3.8, 4) is 0 Å². The van der Waals surface area contributed by atoms with Gasteiger partial charge in [-0.1, -0.05) is 18.2 Å². The molecule has 0 atom stereocenters. The molecular weight excluding hydrogens is 258 g/mol. The van der Waals surface area contributed by atoms with Crippen LogP contribution in [-0.2, 0) is 12.5 Å². The van der Waals surface area contributed by atoms with Crippen LogP contribution in [-0.4, -0.2) is 9.55 Å². The van der Waals surface area contributed by atoms with E-state index in [1.165, 1.54) is 16.6 Å². The summed E-state index contributed by atoms with van der Waals surface area (Å²) in [4.78, 5) is 4.88. The molecule has 0 amide bonds. The van der Waals surface area contributed by atoms with Crippen molar-refractivity contribution < 1.29 is 0 Å². The highest BCUT2D eigenvalue weighted by Gasteiger charge is 2.28. The van der Waals surface area contributed by atoms with Crippen LogP contribution in [0.1, 0.15) is 30.8 Å². The summed E-state index contributed by atoms with van der Waals surface area (Å²) in [5, 5.41) is 0. The summed E-state index contributed by atoms with van der Waals surface area (Å²) in [6, 6.07) is 14.5. The smallest absolute Gasteiger partial charge is 0.119 e. The van der Waals surface area contributed by atoms with Crippen LogP contribution in [0.3, 0.4) is 0 Å². The largest absolute Gasteiger partial charge is 0.399 e. The van der Waals surface area contributed by atoms with E-state index < -0.39 is 0 Å². The number of rotatable bonds is 2. The summed E-state index contributed by atoms with van der Waals surface area (Å²) in [5.74, 6) is 1.06. The molecule has 108 valence electrons. The van der Waals surface area contributed by atoms with Gasteiger partial charge < -0.3 is 10.3 Å². The fraction of sp³-hybridized carbons (Fsp3) is 0.278. The first kappa shape index (κ1) is 13.7. The molecule has 1 aromatic heterocycles. The van der Waals surface area contributed by atoms with E-state index in [0.717, 1.165) is 17.0 Å². The summed E-state index contributed by atoms with van der Waals surface area (Å²) < 4.78 is 2.19. The van der Waals surface area contributed by atoms with E-state index in [1.807, 2.05) is 12.1 Å². The Morgan fingerprint density at radius 1 is 1.05 bits per heavy atom. The van der Waals surface area contributed by atoms with E-state index in [2.05, 4.69) is 62.7 Å². The molecule has 3 nitrogen and oxygen atoms in total. The number of hydrogen-bond donors (Lipinski definition) is 1. The molecule has 0 saturated carbocycles. The summed E-state index contributed by atoms with van der Waals surface area (Å²) in [5.41, 5.74) is 11.1. The highest BCUT2D eigenvalue weighted by molar-refractivity contribution is 5.77. The lowest BCUT2D eigenvalue weighted by Crippen LogP contribution is -2.23. The van der Waals surface area contributed by atoms with Crippen molar-refractivity contribution in [2.24, 2.45) is 7.05 Å². The topological polar surface area (TPSA) is 43.8 Å². The number of hydrogen-bond acceptors (Lipinski definition) is 2. The quantitative estimate of drug-likeness (QED) is 0.725. The van der Waals surface area contributed by atoms with Gasteiger partial charge in [0.25, 0.3) is 0 Å². The fourth-order valence-corrected chi connectivity index (χ4v) is 2.90. The number of aryl methyl sites for hydroxylation is 2. The number of nitrogen functional groups attached to an aromatic ring is 1. The summed E-state index contributed by atoms with van der Waals surface area (Å²) in [6.45, 7) is 6.50. The van der Waals surface area contributed by atoms with Gasteiger partial charge in [0, 0.05) is 18.2 Å². The Balaban J connectivity index is 2.18. The Morgan fingerprint density at radius 2 is 1.71 bits per heavy atom. The van der Waals surface area contributed by atoms with Crippen LogP contribution >= 0.6 is 0 Å². The van der Waals surface area contributed by atoms with E-state index in [0.29, 0.717) is 0 Å². The second-order valence-corrected chi connectivity index (χ2v) is 6.23. The Bertz CT molecular complexity index is 795. The lowest BCUT2D eigenvalue weighted by atomic mass is 9.83. The number of nitrogens with two attached hydrogens (primary N) is 1. The van der Waals surface area contributed by atoms with Crippen molar-refractivity contribution in [1.82, 2.24) is 9.55 Å². The van der Waals surface area contributed by atoms with Gasteiger partial charge in [-0.25, -0.2) is 4.98 Å². The number of nitrogens with zero attached hydrogens (tertiary/aromatic N) is 2. The zero-order valence-corrected chi connectivity index (χ0v) is 13.0. The molecule has 2 aromatic carbocycles. The Hall–Kier alpha value is -2.29. The Labute approximate surface area is 125 Å². The van der Waals surface area contributed by atoms with Crippen molar-refractivity contribution >= 4 is 16.7 Å². The molecule has 21 heavy (non-hydrogen) atoms. The second kappa shape index (κ2) is 4.62. The molecule has 0 aliphatic heterocycles. The zero-order valence-electron chi connectivity index (χ0n) is 13.0. The maximum absolute atomic E-state index is 5.80. The van der Waals surface area contributed by atoms with Gasteiger partial charge in [0.1, 0.15) is 5.82 Å². The first-order valence-electron chi connectivity index (χ1n) is 7.19. The van der Waals surface area contributed by atoms with Gasteiger partial charge >= 0.3 is 0 Å². The Morgan fingerprint density at radius 3 is 2.38 bits per heavy atom. The van der Waals surface area contributed by atoms with Crippen molar-refractivity contribution in [2.75, 3.05) is 5.73 Å². The third-order valence-electron chi connectivity index (χ3n) is 4.23. The highest BCUT2D eigenvalue weighted by atomic mass is 15.1. The molecule has 0 unspecified atom stereocenters. The molecule has 0 aliphatic carbocycles. The first-order valence-corrected chi connectivity index (χ1v) is 7.19. The monoisotopic (exact) mass is 279 g/mol. The number of benzene rings is 2. The van der Waals surface area contributed by atoms with E-state index >= 15 is 0 Å². The lowest BCUT2D eigenvalue weighted by molar-refractivity contribution is 0.568. The van der Waals surface area contributed by atoms with E-state index in [4.69, 9.17) is 10.7 Å². The lowest BCUT2D eigenvalue weighted by Gasteiger charge is -2.25. The predicted molar refractivity (Wildman–Crippen MR) is 88.4 cm³/mol. The summed E-state index contributed by atoms with van der Waals surface area (Å²) in [7, 11) is 2.08. The van der Waals surface area contributed by atoms with Gasteiger partial charge in [-0.3, -0.25) is 0 Å². The van der Waals surface area contributed by atoms with Crippen LogP contribution in [0.5, 0.6) is 0 Å². The zero-order chi connectivity index (χ0) is 15.2. The molecule has 2 N–H and O–H groups in total. The molecular formula is C18H21N3. The predicted octanol–water partition coefficient (Wildman–Crippen LogP) is 3.79. The van der Waals surface area contributed by atoms with Crippen molar-refractivity contribution in [1.29, 1.82) is 0 Å². The van der Waals surface area contributed by atoms with Crippen LogP contribution in [0, 0.1) is 6.92 Å². The van der Waals surface area contributed by atoms with Crippen molar-refractivity contribution in [3.05, 3.63) is 59.4 Å². The van der Waals surface area contributed by atoms with Crippen LogP contribution in [0.4, 0.5) is 5.69 Å². The van der Waals surface area contributed by atoms with Gasteiger partial charge in [0.05, 0.1) is 11.0 Å². The molecule has 1 heterocycles. The molecule has 0 fully saturated rings. The Kier molecular flexibility index (Phi) is 3.01. The van der Waals surface area contributed by atoms with E-state index in [9.17, 15) is 0 Å². The van der Waals surface area contributed by atoms with Crippen molar-refractivity contribution in [2.45, 2.75) is 26.2 Å². The fourth-order valence-electron chi connectivity index (χ4n) is 2.90. The standard InChI is InChI=1S/C18H21N3/c1-12-5-10-16-15(11-12)20-17(21(16)4)18(2,3)13-6-8-14(19)9-7-13/h5-11H,19H2,1-4H3. The molecule has 3 aromatic rings. The molecule has 0 bridgehead atoms. The van der Waals surface area contributed by atoms with Gasteiger partial charge in [-0.15, -0.1) is 0 Å². The average molecular weight is 279 g/mol. The number of anilines is 1. The van der Waals surface area contributed by atoms with Crippen LogP contribution in [0.25, 0.3) is 11.0 Å². The third-order valence-corrected chi connectivity index (χ3v) is 4.23. The molecule has 0 aliphatic rings. The third kappa shape index (κ3) is 2.19. The number of aromatic nitrogens is 2. The maximum Gasteiger partial charge on any atom is 0.119 e.